The molecule has 0 bridgehead atoms. The number of aromatic nitrogens is 2. The van der Waals surface area contributed by atoms with E-state index in [1.54, 1.807) is 4.57 Å². The third-order valence-corrected chi connectivity index (χ3v) is 2.81. The topological polar surface area (TPSA) is 55.1 Å². The van der Waals surface area contributed by atoms with Crippen molar-refractivity contribution in [3.8, 4) is 5.82 Å². The molecule has 0 aliphatic carbocycles. The van der Waals surface area contributed by atoms with E-state index in [0.717, 1.165) is 5.56 Å². The molecule has 2 heterocycles. The number of rotatable bonds is 2. The van der Waals surface area contributed by atoms with Crippen LogP contribution in [0, 0.1) is 6.92 Å². The lowest BCUT2D eigenvalue weighted by Gasteiger charge is -2.04. The number of aromatic carboxylic acids is 1. The van der Waals surface area contributed by atoms with Gasteiger partial charge in [0.1, 0.15) is 5.82 Å². The van der Waals surface area contributed by atoms with Crippen LogP contribution in [0.3, 0.4) is 0 Å². The van der Waals surface area contributed by atoms with E-state index in [0.29, 0.717) is 10.3 Å². The Morgan fingerprint density at radius 3 is 2.88 bits per heavy atom. The number of halogens is 1. The maximum Gasteiger partial charge on any atom is 0.337 e. The van der Waals surface area contributed by atoms with Crippen LogP contribution in [0.1, 0.15) is 15.9 Å². The molecule has 5 heteroatoms. The number of carbonyl (C=O) groups is 1. The third-order valence-electron chi connectivity index (χ3n) is 2.18. The molecule has 0 fully saturated rings. The summed E-state index contributed by atoms with van der Waals surface area (Å²) in [7, 11) is 0. The molecule has 0 radical (unpaired) electrons. The average molecular weight is 281 g/mol. The Hall–Kier alpha value is -1.62. The summed E-state index contributed by atoms with van der Waals surface area (Å²) in [6, 6.07) is 3.47. The number of nitrogens with zero attached hydrogens (tertiary/aromatic N) is 2. The normalized spacial score (nSPS) is 10.4. The van der Waals surface area contributed by atoms with E-state index in [4.69, 9.17) is 5.11 Å². The summed E-state index contributed by atoms with van der Waals surface area (Å²) in [5.74, 6) is -0.381. The highest BCUT2D eigenvalue weighted by Crippen LogP contribution is 2.18. The standard InChI is InChI=1S/C11H9BrN2O2/c1-7-2-3-14(6-7)10-4-8(11(15)16)9(12)5-13-10/h2-6H,1H3,(H,15,16). The number of hydrogen-bond acceptors (Lipinski definition) is 2. The zero-order valence-electron chi connectivity index (χ0n) is 8.51. The first-order valence-electron chi connectivity index (χ1n) is 4.62. The molecule has 2 rings (SSSR count). The van der Waals surface area contributed by atoms with Crippen LogP contribution < -0.4 is 0 Å². The number of hydrogen-bond donors (Lipinski definition) is 1. The van der Waals surface area contributed by atoms with Crippen LogP contribution in [0.4, 0.5) is 0 Å². The Balaban J connectivity index is 2.51. The largest absolute Gasteiger partial charge is 0.478 e. The zero-order valence-corrected chi connectivity index (χ0v) is 10.1. The van der Waals surface area contributed by atoms with Crippen molar-refractivity contribution in [3.05, 3.63) is 46.3 Å². The smallest absolute Gasteiger partial charge is 0.337 e. The van der Waals surface area contributed by atoms with Crippen molar-refractivity contribution >= 4 is 21.9 Å². The summed E-state index contributed by atoms with van der Waals surface area (Å²) >= 11 is 3.16. The van der Waals surface area contributed by atoms with Gasteiger partial charge in [0.2, 0.25) is 0 Å². The molecular weight excluding hydrogens is 272 g/mol. The van der Waals surface area contributed by atoms with Crippen molar-refractivity contribution in [2.24, 2.45) is 0 Å². The van der Waals surface area contributed by atoms with E-state index >= 15 is 0 Å². The molecule has 0 unspecified atom stereocenters. The Morgan fingerprint density at radius 2 is 2.31 bits per heavy atom. The van der Waals surface area contributed by atoms with Gasteiger partial charge < -0.3 is 9.67 Å². The molecule has 0 amide bonds. The Morgan fingerprint density at radius 1 is 1.56 bits per heavy atom. The molecule has 2 aromatic rings. The van der Waals surface area contributed by atoms with Gasteiger partial charge in [0.15, 0.2) is 0 Å². The highest BCUT2D eigenvalue weighted by Gasteiger charge is 2.10. The van der Waals surface area contributed by atoms with E-state index in [-0.39, 0.29) is 5.56 Å². The summed E-state index contributed by atoms with van der Waals surface area (Å²) in [5, 5.41) is 8.98. The second-order valence-electron chi connectivity index (χ2n) is 3.42. The molecule has 82 valence electrons. The summed E-state index contributed by atoms with van der Waals surface area (Å²) in [5.41, 5.74) is 1.30. The average Bonchev–Trinajstić information content (AvgIpc) is 2.65. The summed E-state index contributed by atoms with van der Waals surface area (Å²) in [6.45, 7) is 1.97. The quantitative estimate of drug-likeness (QED) is 0.920. The Kier molecular flexibility index (Phi) is 2.78. The molecule has 0 saturated carbocycles. The number of carboxylic acids is 1. The van der Waals surface area contributed by atoms with Crippen molar-refractivity contribution in [2.75, 3.05) is 0 Å². The van der Waals surface area contributed by atoms with Gasteiger partial charge in [0.05, 0.1) is 10.0 Å². The van der Waals surface area contributed by atoms with Crippen LogP contribution >= 0.6 is 15.9 Å². The first-order chi connectivity index (χ1) is 7.58. The molecule has 0 aromatic carbocycles. The second-order valence-corrected chi connectivity index (χ2v) is 4.28. The summed E-state index contributed by atoms with van der Waals surface area (Å²) < 4.78 is 2.27. The van der Waals surface area contributed by atoms with Crippen LogP contribution in [0.2, 0.25) is 0 Å². The fourth-order valence-corrected chi connectivity index (χ4v) is 1.77. The van der Waals surface area contributed by atoms with Gasteiger partial charge >= 0.3 is 5.97 Å². The number of pyridine rings is 1. The van der Waals surface area contributed by atoms with Crippen LogP contribution in [-0.4, -0.2) is 20.6 Å². The van der Waals surface area contributed by atoms with Gasteiger partial charge in [-0.05, 0) is 40.5 Å². The molecule has 2 aromatic heterocycles. The van der Waals surface area contributed by atoms with Crippen LogP contribution in [0.5, 0.6) is 0 Å². The lowest BCUT2D eigenvalue weighted by atomic mass is 10.2. The SMILES string of the molecule is Cc1ccn(-c2cc(C(=O)O)c(Br)cn2)c1. The van der Waals surface area contributed by atoms with Crippen LogP contribution in [0.15, 0.2) is 35.2 Å². The van der Waals surface area contributed by atoms with Gasteiger partial charge in [-0.1, -0.05) is 0 Å². The molecule has 0 aliphatic rings. The highest BCUT2D eigenvalue weighted by atomic mass is 79.9. The predicted molar refractivity (Wildman–Crippen MR) is 63.0 cm³/mol. The fraction of sp³-hybridized carbons (Fsp3) is 0.0909. The van der Waals surface area contributed by atoms with Gasteiger partial charge in [-0.25, -0.2) is 9.78 Å². The fourth-order valence-electron chi connectivity index (χ4n) is 1.38. The first kappa shape index (κ1) is 10.9. The maximum absolute atomic E-state index is 10.9. The van der Waals surface area contributed by atoms with Crippen molar-refractivity contribution in [3.63, 3.8) is 0 Å². The van der Waals surface area contributed by atoms with E-state index in [1.807, 2.05) is 25.4 Å². The zero-order chi connectivity index (χ0) is 11.7. The third kappa shape index (κ3) is 1.99. The predicted octanol–water partition coefficient (Wildman–Crippen LogP) is 2.64. The molecule has 1 N–H and O–H groups in total. The first-order valence-corrected chi connectivity index (χ1v) is 5.41. The van der Waals surface area contributed by atoms with Crippen LogP contribution in [-0.2, 0) is 0 Å². The van der Waals surface area contributed by atoms with Gasteiger partial charge in [0.25, 0.3) is 0 Å². The summed E-state index contributed by atoms with van der Waals surface area (Å²) in [6.07, 6.45) is 5.23. The number of aryl methyl sites for hydroxylation is 1. The number of carboxylic acid groups (broad SMARTS) is 1. The Labute approximate surface area is 101 Å². The van der Waals surface area contributed by atoms with E-state index in [9.17, 15) is 4.79 Å². The highest BCUT2D eigenvalue weighted by molar-refractivity contribution is 9.10. The van der Waals surface area contributed by atoms with Gasteiger partial charge in [-0.2, -0.15) is 0 Å². The van der Waals surface area contributed by atoms with Crippen molar-refractivity contribution in [1.29, 1.82) is 0 Å². The lowest BCUT2D eigenvalue weighted by molar-refractivity contribution is 0.0695. The molecule has 16 heavy (non-hydrogen) atoms. The van der Waals surface area contributed by atoms with E-state index in [1.165, 1.54) is 12.3 Å². The van der Waals surface area contributed by atoms with Gasteiger partial charge in [0, 0.05) is 18.6 Å². The van der Waals surface area contributed by atoms with Gasteiger partial charge in [-0.3, -0.25) is 0 Å². The molecule has 0 atom stereocenters. The molecule has 4 nitrogen and oxygen atoms in total. The minimum absolute atomic E-state index is 0.205. The van der Waals surface area contributed by atoms with E-state index in [2.05, 4.69) is 20.9 Å². The second kappa shape index (κ2) is 4.09. The summed E-state index contributed by atoms with van der Waals surface area (Å²) in [4.78, 5) is 15.1. The van der Waals surface area contributed by atoms with Crippen LogP contribution in [0.25, 0.3) is 5.82 Å². The Bertz CT molecular complexity index is 549. The monoisotopic (exact) mass is 280 g/mol. The molecular formula is C11H9BrN2O2. The maximum atomic E-state index is 10.9. The molecule has 0 aliphatic heterocycles. The van der Waals surface area contributed by atoms with Crippen molar-refractivity contribution in [2.45, 2.75) is 6.92 Å². The van der Waals surface area contributed by atoms with Gasteiger partial charge in [-0.15, -0.1) is 0 Å². The van der Waals surface area contributed by atoms with E-state index < -0.39 is 5.97 Å². The molecule has 0 saturated heterocycles. The van der Waals surface area contributed by atoms with Crippen molar-refractivity contribution in [1.82, 2.24) is 9.55 Å². The van der Waals surface area contributed by atoms with Crippen molar-refractivity contribution < 1.29 is 9.90 Å². The lowest BCUT2D eigenvalue weighted by Crippen LogP contribution is -2.02. The molecule has 0 spiro atoms. The minimum atomic E-state index is -0.973. The minimum Gasteiger partial charge on any atom is -0.478 e.